The minimum Gasteiger partial charge on any atom is -0.459 e. The highest BCUT2D eigenvalue weighted by atomic mass is 127. The number of ether oxygens (including phenoxy) is 1. The number of hydrogen-bond acceptors (Lipinski definition) is 4. The van der Waals surface area contributed by atoms with Crippen molar-refractivity contribution in [2.75, 3.05) is 34.2 Å². The zero-order valence-electron chi connectivity index (χ0n) is 17.0. The van der Waals surface area contributed by atoms with Gasteiger partial charge in [-0.2, -0.15) is 0 Å². The van der Waals surface area contributed by atoms with Gasteiger partial charge in [0.25, 0.3) is 5.91 Å². The first-order valence-electron chi connectivity index (χ1n) is 8.59. The molecule has 0 spiro atoms. The summed E-state index contributed by atoms with van der Waals surface area (Å²) in [6.45, 7) is 6.14. The molecule has 1 amide bonds. The Bertz CT molecular complexity index is 655. The normalized spacial score (nSPS) is 11.3. The molecule has 1 aromatic carbocycles. The largest absolute Gasteiger partial charge is 0.459 e. The third kappa shape index (κ3) is 10.2. The Balaban J connectivity index is 0.00000676. The van der Waals surface area contributed by atoms with Crippen LogP contribution < -0.4 is 10.6 Å². The average molecular weight is 490 g/mol. The lowest BCUT2D eigenvalue weighted by molar-refractivity contribution is -0.153. The monoisotopic (exact) mass is 490 g/mol. The van der Waals surface area contributed by atoms with Crippen molar-refractivity contribution in [2.24, 2.45) is 4.99 Å². The van der Waals surface area contributed by atoms with Crippen molar-refractivity contribution in [3.8, 4) is 0 Å². The maximum Gasteiger partial charge on any atom is 0.325 e. The average Bonchev–Trinajstić information content (AvgIpc) is 2.55. The van der Waals surface area contributed by atoms with Gasteiger partial charge in [-0.1, -0.05) is 12.1 Å². The van der Waals surface area contributed by atoms with Gasteiger partial charge in [-0.15, -0.1) is 24.0 Å². The first kappa shape index (κ1) is 25.2. The van der Waals surface area contributed by atoms with Crippen molar-refractivity contribution in [1.82, 2.24) is 15.5 Å². The van der Waals surface area contributed by atoms with E-state index in [0.717, 1.165) is 12.0 Å². The Morgan fingerprint density at radius 2 is 1.85 bits per heavy atom. The molecule has 0 atom stereocenters. The first-order valence-corrected chi connectivity index (χ1v) is 8.59. The second-order valence-corrected chi connectivity index (χ2v) is 7.09. The molecule has 27 heavy (non-hydrogen) atoms. The van der Waals surface area contributed by atoms with E-state index in [-0.39, 0.29) is 42.4 Å². The van der Waals surface area contributed by atoms with Crippen molar-refractivity contribution in [3.05, 3.63) is 35.4 Å². The van der Waals surface area contributed by atoms with Crippen LogP contribution in [0.1, 0.15) is 36.7 Å². The number of carbonyl (C=O) groups excluding carboxylic acids is 2. The summed E-state index contributed by atoms with van der Waals surface area (Å²) in [6, 6.07) is 7.55. The van der Waals surface area contributed by atoms with E-state index in [9.17, 15) is 9.59 Å². The number of benzene rings is 1. The summed E-state index contributed by atoms with van der Waals surface area (Å²) in [5, 5.41) is 6.07. The quantitative estimate of drug-likeness (QED) is 0.276. The molecule has 0 unspecified atom stereocenters. The van der Waals surface area contributed by atoms with Gasteiger partial charge in [-0.05, 0) is 44.9 Å². The zero-order valence-corrected chi connectivity index (χ0v) is 19.3. The van der Waals surface area contributed by atoms with Crippen LogP contribution in [-0.4, -0.2) is 62.6 Å². The number of guanidine groups is 1. The second-order valence-electron chi connectivity index (χ2n) is 7.09. The molecule has 1 rings (SSSR count). The predicted molar refractivity (Wildman–Crippen MR) is 119 cm³/mol. The predicted octanol–water partition coefficient (Wildman–Crippen LogP) is 2.06. The number of amides is 1. The lowest BCUT2D eigenvalue weighted by Crippen LogP contribution is -2.42. The second kappa shape index (κ2) is 11.8. The van der Waals surface area contributed by atoms with Crippen molar-refractivity contribution in [2.45, 2.75) is 32.8 Å². The summed E-state index contributed by atoms with van der Waals surface area (Å²) in [5.74, 6) is 0.168. The molecule has 2 N–H and O–H groups in total. The summed E-state index contributed by atoms with van der Waals surface area (Å²) in [4.78, 5) is 29.4. The third-order valence-corrected chi connectivity index (χ3v) is 3.33. The molecule has 0 heterocycles. The van der Waals surface area contributed by atoms with Gasteiger partial charge in [0.1, 0.15) is 12.1 Å². The minimum absolute atomic E-state index is 0. The maximum absolute atomic E-state index is 12.0. The van der Waals surface area contributed by atoms with Gasteiger partial charge in [0.2, 0.25) is 0 Å². The molecule has 7 nitrogen and oxygen atoms in total. The molecule has 0 aliphatic carbocycles. The number of aliphatic imine (C=N–C) groups is 1. The van der Waals surface area contributed by atoms with Crippen molar-refractivity contribution in [3.63, 3.8) is 0 Å². The fourth-order valence-corrected chi connectivity index (χ4v) is 2.20. The molecule has 0 saturated carbocycles. The van der Waals surface area contributed by atoms with Crippen LogP contribution in [0.4, 0.5) is 0 Å². The van der Waals surface area contributed by atoms with Crippen molar-refractivity contribution in [1.29, 1.82) is 0 Å². The van der Waals surface area contributed by atoms with Gasteiger partial charge in [-0.25, -0.2) is 0 Å². The van der Waals surface area contributed by atoms with Crippen molar-refractivity contribution >= 4 is 41.8 Å². The molecule has 1 aromatic rings. The van der Waals surface area contributed by atoms with E-state index in [1.807, 2.05) is 39.0 Å². The van der Waals surface area contributed by atoms with Crippen LogP contribution >= 0.6 is 24.0 Å². The standard InChI is InChI=1S/C19H30N4O3.HI/c1-19(2,3)26-16(24)13-22-18(20-4)21-11-10-14-8-7-9-15(12-14)17(25)23(5)6;/h7-9,12H,10-11,13H2,1-6H3,(H2,20,21,22);1H. The highest BCUT2D eigenvalue weighted by molar-refractivity contribution is 14.0. The zero-order chi connectivity index (χ0) is 19.7. The van der Waals surface area contributed by atoms with E-state index >= 15 is 0 Å². The number of hydrogen-bond donors (Lipinski definition) is 2. The fourth-order valence-electron chi connectivity index (χ4n) is 2.20. The Labute approximate surface area is 179 Å². The molecule has 0 fully saturated rings. The van der Waals surface area contributed by atoms with Gasteiger partial charge in [0, 0.05) is 33.3 Å². The van der Waals surface area contributed by atoms with Crippen LogP contribution in [-0.2, 0) is 16.0 Å². The van der Waals surface area contributed by atoms with Gasteiger partial charge in [0.05, 0.1) is 0 Å². The molecule has 0 saturated heterocycles. The molecule has 0 aromatic heterocycles. The van der Waals surface area contributed by atoms with Gasteiger partial charge < -0.3 is 20.3 Å². The lowest BCUT2D eigenvalue weighted by atomic mass is 10.1. The number of halogens is 1. The molecule has 0 radical (unpaired) electrons. The van der Waals surface area contributed by atoms with Crippen LogP contribution in [0.25, 0.3) is 0 Å². The highest BCUT2D eigenvalue weighted by Crippen LogP contribution is 2.08. The topological polar surface area (TPSA) is 83.0 Å². The molecule has 8 heteroatoms. The van der Waals surface area contributed by atoms with Gasteiger partial charge in [0.15, 0.2) is 5.96 Å². The Morgan fingerprint density at radius 1 is 1.19 bits per heavy atom. The fraction of sp³-hybridized carbons (Fsp3) is 0.526. The number of esters is 1. The third-order valence-electron chi connectivity index (χ3n) is 3.33. The number of carbonyl (C=O) groups is 2. The Morgan fingerprint density at radius 3 is 2.41 bits per heavy atom. The van der Waals surface area contributed by atoms with Crippen LogP contribution in [0.2, 0.25) is 0 Å². The van der Waals surface area contributed by atoms with Crippen molar-refractivity contribution < 1.29 is 14.3 Å². The number of nitrogens with zero attached hydrogens (tertiary/aromatic N) is 2. The number of nitrogens with one attached hydrogen (secondary N) is 2. The number of rotatable bonds is 6. The molecular formula is C19H31IN4O3. The molecule has 0 bridgehead atoms. The van der Waals surface area contributed by atoms with E-state index in [0.29, 0.717) is 18.1 Å². The Hall–Kier alpha value is -1.84. The highest BCUT2D eigenvalue weighted by Gasteiger charge is 2.16. The van der Waals surface area contributed by atoms with Crippen LogP contribution in [0.3, 0.4) is 0 Å². The molecule has 152 valence electrons. The summed E-state index contributed by atoms with van der Waals surface area (Å²) in [5.41, 5.74) is 1.21. The van der Waals surface area contributed by atoms with Crippen LogP contribution in [0.5, 0.6) is 0 Å². The van der Waals surface area contributed by atoms with Gasteiger partial charge >= 0.3 is 5.97 Å². The molecule has 0 aliphatic heterocycles. The van der Waals surface area contributed by atoms with E-state index in [2.05, 4.69) is 15.6 Å². The summed E-state index contributed by atoms with van der Waals surface area (Å²) >= 11 is 0. The summed E-state index contributed by atoms with van der Waals surface area (Å²) < 4.78 is 5.24. The summed E-state index contributed by atoms with van der Waals surface area (Å²) in [7, 11) is 5.11. The SMILES string of the molecule is CN=C(NCCc1cccc(C(=O)N(C)C)c1)NCC(=O)OC(C)(C)C.I. The maximum atomic E-state index is 12.0. The van der Waals surface area contributed by atoms with E-state index in [1.54, 1.807) is 32.1 Å². The molecular weight excluding hydrogens is 459 g/mol. The Kier molecular flexibility index (Phi) is 11.0. The van der Waals surface area contributed by atoms with E-state index < -0.39 is 5.60 Å². The van der Waals surface area contributed by atoms with Crippen LogP contribution in [0, 0.1) is 0 Å². The first-order chi connectivity index (χ1) is 12.1. The smallest absolute Gasteiger partial charge is 0.325 e. The molecule has 0 aliphatic rings. The van der Waals surface area contributed by atoms with Crippen LogP contribution in [0.15, 0.2) is 29.3 Å². The summed E-state index contributed by atoms with van der Waals surface area (Å²) in [6.07, 6.45) is 0.724. The van der Waals surface area contributed by atoms with E-state index in [4.69, 9.17) is 4.74 Å². The van der Waals surface area contributed by atoms with E-state index in [1.165, 1.54) is 0 Å². The van der Waals surface area contributed by atoms with Gasteiger partial charge in [-0.3, -0.25) is 14.6 Å². The lowest BCUT2D eigenvalue weighted by Gasteiger charge is -2.20. The minimum atomic E-state index is -0.509.